The number of hydrogen-bond donors (Lipinski definition) is 1. The zero-order valence-electron chi connectivity index (χ0n) is 18.9. The minimum absolute atomic E-state index is 0.0422. The average molecular weight is 423 g/mol. The number of amides is 1. The van der Waals surface area contributed by atoms with Gasteiger partial charge >= 0.3 is 0 Å². The van der Waals surface area contributed by atoms with Gasteiger partial charge < -0.3 is 19.9 Å². The van der Waals surface area contributed by atoms with E-state index in [1.807, 2.05) is 24.3 Å². The van der Waals surface area contributed by atoms with Gasteiger partial charge in [-0.2, -0.15) is 0 Å². The molecule has 2 aromatic rings. The summed E-state index contributed by atoms with van der Waals surface area (Å²) in [6, 6.07) is 14.3. The van der Waals surface area contributed by atoms with Gasteiger partial charge in [0.05, 0.1) is 13.2 Å². The van der Waals surface area contributed by atoms with E-state index in [-0.39, 0.29) is 11.9 Å². The molecule has 0 radical (unpaired) electrons. The number of anilines is 1. The molecular weight excluding hydrogens is 388 g/mol. The van der Waals surface area contributed by atoms with Gasteiger partial charge in [-0.05, 0) is 61.3 Å². The maximum absolute atomic E-state index is 12.8. The summed E-state index contributed by atoms with van der Waals surface area (Å²) in [5.74, 6) is 0.713. The van der Waals surface area contributed by atoms with Gasteiger partial charge in [-0.25, -0.2) is 0 Å². The Balaban J connectivity index is 1.52. The van der Waals surface area contributed by atoms with Crippen LogP contribution in [0.3, 0.4) is 0 Å². The zero-order valence-corrected chi connectivity index (χ0v) is 18.9. The molecule has 0 unspecified atom stereocenters. The standard InChI is InChI=1S/C25H34N4O2/c1-27-13-15-29(16-14-27)24(18-26-25(30)19-6-9-22(31-3)10-7-19)21-8-11-23-20(17-21)5-4-12-28(23)2/h6-11,17,24H,4-5,12-16,18H2,1-3H3,(H,26,30)/t24-/m0/s1. The van der Waals surface area contributed by atoms with Crippen molar-refractivity contribution in [2.75, 3.05) is 65.4 Å². The lowest BCUT2D eigenvalue weighted by molar-refractivity contribution is 0.0886. The molecule has 4 rings (SSSR count). The molecular formula is C25H34N4O2. The summed E-state index contributed by atoms with van der Waals surface area (Å²) in [5, 5.41) is 3.19. The highest BCUT2D eigenvalue weighted by Gasteiger charge is 2.26. The van der Waals surface area contributed by atoms with Crippen LogP contribution >= 0.6 is 0 Å². The van der Waals surface area contributed by atoms with Gasteiger partial charge in [0.2, 0.25) is 0 Å². The van der Waals surface area contributed by atoms with E-state index in [4.69, 9.17) is 4.74 Å². The van der Waals surface area contributed by atoms with Crippen LogP contribution in [-0.4, -0.2) is 76.2 Å². The Bertz CT molecular complexity index is 891. The molecule has 2 heterocycles. The van der Waals surface area contributed by atoms with E-state index in [1.54, 1.807) is 7.11 Å². The molecule has 1 saturated heterocycles. The molecule has 6 nitrogen and oxygen atoms in total. The number of nitrogens with zero attached hydrogens (tertiary/aromatic N) is 3. The highest BCUT2D eigenvalue weighted by atomic mass is 16.5. The maximum atomic E-state index is 12.8. The summed E-state index contributed by atoms with van der Waals surface area (Å²) in [4.78, 5) is 20.0. The highest BCUT2D eigenvalue weighted by Crippen LogP contribution is 2.31. The number of ether oxygens (including phenoxy) is 1. The molecule has 1 amide bonds. The first-order valence-electron chi connectivity index (χ1n) is 11.2. The zero-order chi connectivity index (χ0) is 21.8. The summed E-state index contributed by atoms with van der Waals surface area (Å²) >= 11 is 0. The first kappa shape index (κ1) is 21.7. The van der Waals surface area contributed by atoms with E-state index < -0.39 is 0 Å². The third-order valence-corrected chi connectivity index (χ3v) is 6.63. The van der Waals surface area contributed by atoms with Gasteiger partial charge in [-0.1, -0.05) is 12.1 Å². The number of likely N-dealkylation sites (N-methyl/N-ethyl adjacent to an activating group) is 1. The number of carbonyl (C=O) groups excluding carboxylic acids is 1. The van der Waals surface area contributed by atoms with Crippen LogP contribution in [0.4, 0.5) is 5.69 Å². The fourth-order valence-electron chi connectivity index (χ4n) is 4.64. The summed E-state index contributed by atoms with van der Waals surface area (Å²) in [7, 11) is 5.98. The largest absolute Gasteiger partial charge is 0.497 e. The van der Waals surface area contributed by atoms with E-state index in [0.717, 1.165) is 44.9 Å². The quantitative estimate of drug-likeness (QED) is 0.776. The van der Waals surface area contributed by atoms with Gasteiger partial charge in [0.15, 0.2) is 0 Å². The Kier molecular flexibility index (Phi) is 6.78. The van der Waals surface area contributed by atoms with Crippen LogP contribution < -0.4 is 15.0 Å². The van der Waals surface area contributed by atoms with Crippen LogP contribution in [0.15, 0.2) is 42.5 Å². The minimum Gasteiger partial charge on any atom is -0.497 e. The number of methoxy groups -OCH3 is 1. The van der Waals surface area contributed by atoms with E-state index in [2.05, 4.69) is 52.3 Å². The molecule has 2 aliphatic rings. The number of piperazine rings is 1. The number of fused-ring (bicyclic) bond motifs is 1. The van der Waals surface area contributed by atoms with Crippen molar-refractivity contribution in [3.05, 3.63) is 59.2 Å². The summed E-state index contributed by atoms with van der Waals surface area (Å²) in [6.45, 7) is 5.84. The predicted octanol–water partition coefficient (Wildman–Crippen LogP) is 2.80. The lowest BCUT2D eigenvalue weighted by Crippen LogP contribution is -2.48. The van der Waals surface area contributed by atoms with Crippen LogP contribution in [0.25, 0.3) is 0 Å². The van der Waals surface area contributed by atoms with Gasteiger partial charge in [-0.3, -0.25) is 9.69 Å². The van der Waals surface area contributed by atoms with Gasteiger partial charge in [0.25, 0.3) is 5.91 Å². The third kappa shape index (κ3) is 5.02. The van der Waals surface area contributed by atoms with Crippen molar-refractivity contribution in [1.29, 1.82) is 0 Å². The molecule has 0 spiro atoms. The second kappa shape index (κ2) is 9.71. The highest BCUT2D eigenvalue weighted by molar-refractivity contribution is 5.94. The van der Waals surface area contributed by atoms with Crippen LogP contribution in [0.1, 0.15) is 33.9 Å². The van der Waals surface area contributed by atoms with Crippen molar-refractivity contribution >= 4 is 11.6 Å². The third-order valence-electron chi connectivity index (χ3n) is 6.63. The molecule has 2 aliphatic heterocycles. The monoisotopic (exact) mass is 422 g/mol. The minimum atomic E-state index is -0.0422. The molecule has 1 N–H and O–H groups in total. The Morgan fingerprint density at radius 3 is 2.48 bits per heavy atom. The molecule has 0 aliphatic carbocycles. The lowest BCUT2D eigenvalue weighted by Gasteiger charge is -2.39. The topological polar surface area (TPSA) is 48.1 Å². The Morgan fingerprint density at radius 1 is 1.03 bits per heavy atom. The summed E-state index contributed by atoms with van der Waals surface area (Å²) in [5.41, 5.74) is 4.72. The van der Waals surface area contributed by atoms with Gasteiger partial charge in [-0.15, -0.1) is 0 Å². The number of benzene rings is 2. The molecule has 166 valence electrons. The average Bonchev–Trinajstić information content (AvgIpc) is 2.80. The molecule has 2 aromatic carbocycles. The van der Waals surface area contributed by atoms with Crippen molar-refractivity contribution in [3.8, 4) is 5.75 Å². The number of hydrogen-bond acceptors (Lipinski definition) is 5. The first-order chi connectivity index (χ1) is 15.0. The van der Waals surface area contributed by atoms with Crippen LogP contribution in [-0.2, 0) is 6.42 Å². The number of rotatable bonds is 6. The normalized spacial score (nSPS) is 18.4. The molecule has 6 heteroatoms. The predicted molar refractivity (Wildman–Crippen MR) is 125 cm³/mol. The SMILES string of the molecule is COc1ccc(C(=O)NC[C@@H](c2ccc3c(c2)CCCN3C)N2CCN(C)CC2)cc1. The fraction of sp³-hybridized carbons (Fsp3) is 0.480. The molecule has 1 atom stereocenters. The fourth-order valence-corrected chi connectivity index (χ4v) is 4.64. The Labute approximate surface area is 185 Å². The maximum Gasteiger partial charge on any atom is 0.251 e. The van der Waals surface area contributed by atoms with Gasteiger partial charge in [0.1, 0.15) is 5.75 Å². The van der Waals surface area contributed by atoms with E-state index in [1.165, 1.54) is 23.2 Å². The molecule has 0 saturated carbocycles. The van der Waals surface area contributed by atoms with E-state index >= 15 is 0 Å². The molecule has 1 fully saturated rings. The van der Waals surface area contributed by atoms with Crippen molar-refractivity contribution in [2.24, 2.45) is 0 Å². The van der Waals surface area contributed by atoms with Crippen LogP contribution in [0.5, 0.6) is 5.75 Å². The Morgan fingerprint density at radius 2 is 1.77 bits per heavy atom. The molecule has 31 heavy (non-hydrogen) atoms. The molecule has 0 bridgehead atoms. The van der Waals surface area contributed by atoms with Crippen molar-refractivity contribution in [2.45, 2.75) is 18.9 Å². The van der Waals surface area contributed by atoms with Gasteiger partial charge in [0, 0.05) is 57.6 Å². The van der Waals surface area contributed by atoms with Crippen molar-refractivity contribution < 1.29 is 9.53 Å². The summed E-state index contributed by atoms with van der Waals surface area (Å²) < 4.78 is 5.20. The smallest absolute Gasteiger partial charge is 0.251 e. The van der Waals surface area contributed by atoms with Crippen LogP contribution in [0.2, 0.25) is 0 Å². The van der Waals surface area contributed by atoms with Crippen molar-refractivity contribution in [1.82, 2.24) is 15.1 Å². The second-order valence-electron chi connectivity index (χ2n) is 8.71. The lowest BCUT2D eigenvalue weighted by atomic mass is 9.95. The number of aryl methyl sites for hydroxylation is 1. The van der Waals surface area contributed by atoms with Crippen LogP contribution in [0, 0.1) is 0 Å². The summed E-state index contributed by atoms with van der Waals surface area (Å²) in [6.07, 6.45) is 2.32. The van der Waals surface area contributed by atoms with Crippen molar-refractivity contribution in [3.63, 3.8) is 0 Å². The molecule has 0 aromatic heterocycles. The first-order valence-corrected chi connectivity index (χ1v) is 11.2. The Hall–Kier alpha value is -2.57. The number of nitrogens with one attached hydrogen (secondary N) is 1. The van der Waals surface area contributed by atoms with E-state index in [0.29, 0.717) is 12.1 Å². The number of carbonyl (C=O) groups is 1. The van der Waals surface area contributed by atoms with E-state index in [9.17, 15) is 4.79 Å². The second-order valence-corrected chi connectivity index (χ2v) is 8.71.